The quantitative estimate of drug-likeness (QED) is 0.885. The molecule has 0 aliphatic carbocycles. The van der Waals surface area contributed by atoms with Crippen LogP contribution in [-0.2, 0) is 11.2 Å². The van der Waals surface area contributed by atoms with Crippen LogP contribution in [0.25, 0.3) is 0 Å². The Balaban J connectivity index is 2.12. The zero-order valence-corrected chi connectivity index (χ0v) is 13.0. The molecule has 0 bridgehead atoms. The molecule has 19 heavy (non-hydrogen) atoms. The van der Waals surface area contributed by atoms with E-state index >= 15 is 0 Å². The summed E-state index contributed by atoms with van der Waals surface area (Å²) in [5.74, 6) is 0. The standard InChI is InChI=1S/C15H21Cl2NO/c1-3-18-14(15-8-7-10(2)19-15)9-11-12(16)5-4-6-13(11)17/h4-6,10,14-15,18H,3,7-9H2,1-2H3. The lowest BCUT2D eigenvalue weighted by atomic mass is 9.99. The number of halogens is 2. The fourth-order valence-electron chi connectivity index (χ4n) is 2.67. The van der Waals surface area contributed by atoms with E-state index in [2.05, 4.69) is 19.2 Å². The summed E-state index contributed by atoms with van der Waals surface area (Å²) in [6.07, 6.45) is 3.64. The van der Waals surface area contributed by atoms with E-state index in [0.29, 0.717) is 6.10 Å². The monoisotopic (exact) mass is 301 g/mol. The number of benzene rings is 1. The van der Waals surface area contributed by atoms with Crippen molar-refractivity contribution in [2.45, 2.75) is 51.4 Å². The Labute approximate surface area is 125 Å². The van der Waals surface area contributed by atoms with Gasteiger partial charge in [0.25, 0.3) is 0 Å². The smallest absolute Gasteiger partial charge is 0.0735 e. The number of ether oxygens (including phenoxy) is 1. The summed E-state index contributed by atoms with van der Waals surface area (Å²) in [7, 11) is 0. The van der Waals surface area contributed by atoms with Crippen molar-refractivity contribution in [3.05, 3.63) is 33.8 Å². The number of likely N-dealkylation sites (N-methyl/N-ethyl adjacent to an activating group) is 1. The van der Waals surface area contributed by atoms with Gasteiger partial charge in [0.2, 0.25) is 0 Å². The molecule has 1 aliphatic heterocycles. The van der Waals surface area contributed by atoms with Crippen LogP contribution >= 0.6 is 23.2 Å². The largest absolute Gasteiger partial charge is 0.374 e. The van der Waals surface area contributed by atoms with Crippen LogP contribution in [0.5, 0.6) is 0 Å². The average Bonchev–Trinajstić information content (AvgIpc) is 2.79. The maximum Gasteiger partial charge on any atom is 0.0735 e. The van der Waals surface area contributed by atoms with E-state index in [1.165, 1.54) is 0 Å². The Morgan fingerprint density at radius 2 is 2.00 bits per heavy atom. The average molecular weight is 302 g/mol. The fourth-order valence-corrected chi connectivity index (χ4v) is 3.23. The van der Waals surface area contributed by atoms with Crippen LogP contribution in [0.1, 0.15) is 32.3 Å². The molecule has 1 aromatic rings. The first-order chi connectivity index (χ1) is 9.11. The van der Waals surface area contributed by atoms with E-state index in [1.54, 1.807) is 0 Å². The van der Waals surface area contributed by atoms with Gasteiger partial charge < -0.3 is 10.1 Å². The first kappa shape index (κ1) is 15.1. The molecule has 0 radical (unpaired) electrons. The van der Waals surface area contributed by atoms with Crippen molar-refractivity contribution in [3.8, 4) is 0 Å². The summed E-state index contributed by atoms with van der Waals surface area (Å²) in [5, 5.41) is 4.98. The van der Waals surface area contributed by atoms with Gasteiger partial charge in [-0.15, -0.1) is 0 Å². The van der Waals surface area contributed by atoms with Crippen LogP contribution in [0, 0.1) is 0 Å². The van der Waals surface area contributed by atoms with Crippen LogP contribution in [0.2, 0.25) is 10.0 Å². The third-order valence-electron chi connectivity index (χ3n) is 3.67. The maximum atomic E-state index is 6.26. The van der Waals surface area contributed by atoms with Gasteiger partial charge in [-0.05, 0) is 50.4 Å². The summed E-state index contributed by atoms with van der Waals surface area (Å²) in [6, 6.07) is 5.94. The van der Waals surface area contributed by atoms with Gasteiger partial charge in [-0.3, -0.25) is 0 Å². The topological polar surface area (TPSA) is 21.3 Å². The van der Waals surface area contributed by atoms with Crippen molar-refractivity contribution in [1.82, 2.24) is 5.32 Å². The van der Waals surface area contributed by atoms with Crippen molar-refractivity contribution >= 4 is 23.2 Å². The van der Waals surface area contributed by atoms with E-state index in [9.17, 15) is 0 Å². The third-order valence-corrected chi connectivity index (χ3v) is 4.37. The lowest BCUT2D eigenvalue weighted by molar-refractivity contribution is 0.0324. The van der Waals surface area contributed by atoms with Crippen molar-refractivity contribution in [2.75, 3.05) is 6.54 Å². The minimum atomic E-state index is 0.252. The highest BCUT2D eigenvalue weighted by Crippen LogP contribution is 2.29. The fraction of sp³-hybridized carbons (Fsp3) is 0.600. The normalized spacial score (nSPS) is 24.6. The van der Waals surface area contributed by atoms with Crippen molar-refractivity contribution < 1.29 is 4.74 Å². The highest BCUT2D eigenvalue weighted by molar-refractivity contribution is 6.36. The number of rotatable bonds is 5. The highest BCUT2D eigenvalue weighted by Gasteiger charge is 2.30. The predicted octanol–water partition coefficient (Wildman–Crippen LogP) is 4.08. The molecule has 2 nitrogen and oxygen atoms in total. The second-order valence-electron chi connectivity index (χ2n) is 5.13. The van der Waals surface area contributed by atoms with Crippen molar-refractivity contribution in [1.29, 1.82) is 0 Å². The molecule has 4 heteroatoms. The molecular weight excluding hydrogens is 281 g/mol. The highest BCUT2D eigenvalue weighted by atomic mass is 35.5. The zero-order chi connectivity index (χ0) is 13.8. The van der Waals surface area contributed by atoms with Gasteiger partial charge in [0, 0.05) is 16.1 Å². The molecule has 1 fully saturated rings. The third kappa shape index (κ3) is 3.85. The van der Waals surface area contributed by atoms with Gasteiger partial charge in [-0.2, -0.15) is 0 Å². The minimum absolute atomic E-state index is 0.252. The lowest BCUT2D eigenvalue weighted by Gasteiger charge is -2.25. The van der Waals surface area contributed by atoms with Crippen LogP contribution in [0.3, 0.4) is 0 Å². The molecular formula is C15H21Cl2NO. The van der Waals surface area contributed by atoms with Crippen molar-refractivity contribution in [3.63, 3.8) is 0 Å². The SMILES string of the molecule is CCNC(Cc1c(Cl)cccc1Cl)C1CCC(C)O1. The van der Waals surface area contributed by atoms with Crippen LogP contribution in [0.15, 0.2) is 18.2 Å². The van der Waals surface area contributed by atoms with Gasteiger partial charge in [-0.1, -0.05) is 36.2 Å². The molecule has 3 atom stereocenters. The summed E-state index contributed by atoms with van der Waals surface area (Å²) in [5.41, 5.74) is 1.01. The van der Waals surface area contributed by atoms with E-state index in [4.69, 9.17) is 27.9 Å². The summed E-state index contributed by atoms with van der Waals surface area (Å²) < 4.78 is 5.98. The van der Waals surface area contributed by atoms with Crippen molar-refractivity contribution in [2.24, 2.45) is 0 Å². The Morgan fingerprint density at radius 1 is 1.32 bits per heavy atom. The molecule has 0 spiro atoms. The van der Waals surface area contributed by atoms with Crippen LogP contribution in [-0.4, -0.2) is 24.8 Å². The molecule has 1 N–H and O–H groups in total. The second kappa shape index (κ2) is 6.94. The molecule has 106 valence electrons. The molecule has 2 rings (SSSR count). The van der Waals surface area contributed by atoms with E-state index in [-0.39, 0.29) is 12.1 Å². The molecule has 1 heterocycles. The molecule has 1 saturated heterocycles. The second-order valence-corrected chi connectivity index (χ2v) is 5.95. The minimum Gasteiger partial charge on any atom is -0.374 e. The molecule has 0 saturated carbocycles. The molecule has 0 amide bonds. The Hall–Kier alpha value is -0.280. The Kier molecular flexibility index (Phi) is 5.52. The van der Waals surface area contributed by atoms with Gasteiger partial charge >= 0.3 is 0 Å². The first-order valence-electron chi connectivity index (χ1n) is 6.93. The van der Waals surface area contributed by atoms with Gasteiger partial charge in [0.05, 0.1) is 12.2 Å². The van der Waals surface area contributed by atoms with E-state index in [0.717, 1.165) is 41.4 Å². The van der Waals surface area contributed by atoms with E-state index < -0.39 is 0 Å². The summed E-state index contributed by atoms with van der Waals surface area (Å²) in [6.45, 7) is 5.16. The zero-order valence-electron chi connectivity index (χ0n) is 11.5. The molecule has 3 unspecified atom stereocenters. The predicted molar refractivity (Wildman–Crippen MR) is 81.2 cm³/mol. The Bertz CT molecular complexity index is 404. The van der Waals surface area contributed by atoms with Crippen LogP contribution in [0.4, 0.5) is 0 Å². The summed E-state index contributed by atoms with van der Waals surface area (Å²) >= 11 is 12.5. The molecule has 0 aromatic heterocycles. The first-order valence-corrected chi connectivity index (χ1v) is 7.69. The van der Waals surface area contributed by atoms with E-state index in [1.807, 2.05) is 18.2 Å². The van der Waals surface area contributed by atoms with Crippen LogP contribution < -0.4 is 5.32 Å². The molecule has 1 aliphatic rings. The number of nitrogens with one attached hydrogen (secondary N) is 1. The molecule has 1 aromatic carbocycles. The van der Waals surface area contributed by atoms with Gasteiger partial charge in [0.15, 0.2) is 0 Å². The lowest BCUT2D eigenvalue weighted by Crippen LogP contribution is -2.41. The maximum absolute atomic E-state index is 6.26. The van der Waals surface area contributed by atoms with Gasteiger partial charge in [-0.25, -0.2) is 0 Å². The van der Waals surface area contributed by atoms with Gasteiger partial charge in [0.1, 0.15) is 0 Å². The summed E-state index contributed by atoms with van der Waals surface area (Å²) in [4.78, 5) is 0. The Morgan fingerprint density at radius 3 is 2.53 bits per heavy atom. The number of hydrogen-bond acceptors (Lipinski definition) is 2. The number of hydrogen-bond donors (Lipinski definition) is 1.